The van der Waals surface area contributed by atoms with Crippen LogP contribution in [0.1, 0.15) is 12.8 Å². The first-order valence-electron chi connectivity index (χ1n) is 4.64. The van der Waals surface area contributed by atoms with Crippen LogP contribution < -0.4 is 19.9 Å². The van der Waals surface area contributed by atoms with Crippen LogP contribution in [0.25, 0.3) is 12.2 Å². The number of fused-ring (bicyclic) bond motifs is 1. The van der Waals surface area contributed by atoms with Gasteiger partial charge in [-0.3, -0.25) is 0 Å². The smallest absolute Gasteiger partial charge is 0.224 e. The van der Waals surface area contributed by atoms with E-state index in [0.717, 1.165) is 23.3 Å². The zero-order valence-corrected chi connectivity index (χ0v) is 8.41. The molecule has 14 heavy (non-hydrogen) atoms. The summed E-state index contributed by atoms with van der Waals surface area (Å²) in [5, 5.41) is 2.24. The van der Waals surface area contributed by atoms with E-state index >= 15 is 0 Å². The second-order valence-corrected chi connectivity index (χ2v) is 3.16. The summed E-state index contributed by atoms with van der Waals surface area (Å²) in [5.41, 5.74) is 0. The highest BCUT2D eigenvalue weighted by atomic mass is 16.5. The lowest BCUT2D eigenvalue weighted by Gasteiger charge is -2.07. The Morgan fingerprint density at radius 1 is 1.14 bits per heavy atom. The van der Waals surface area contributed by atoms with Crippen molar-refractivity contribution in [3.8, 4) is 11.8 Å². The Morgan fingerprint density at radius 2 is 1.93 bits per heavy atom. The summed E-state index contributed by atoms with van der Waals surface area (Å²) < 4.78 is 10.3. The number of ether oxygens (including phenoxy) is 2. The molecule has 0 aliphatic heterocycles. The predicted octanol–water partition coefficient (Wildman–Crippen LogP) is 0.454. The number of methoxy groups -OCH3 is 2. The number of nitrogens with zero attached hydrogens (tertiary/aromatic N) is 1. The van der Waals surface area contributed by atoms with E-state index in [1.165, 1.54) is 0 Å². The summed E-state index contributed by atoms with van der Waals surface area (Å²) in [4.78, 5) is 4.23. The van der Waals surface area contributed by atoms with Crippen molar-refractivity contribution in [2.45, 2.75) is 12.8 Å². The van der Waals surface area contributed by atoms with Gasteiger partial charge in [-0.2, -0.15) is 4.98 Å². The Labute approximate surface area is 82.7 Å². The van der Waals surface area contributed by atoms with Crippen LogP contribution in [0.3, 0.4) is 0 Å². The maximum Gasteiger partial charge on any atom is 0.224 e. The Morgan fingerprint density at radius 3 is 2.64 bits per heavy atom. The lowest BCUT2D eigenvalue weighted by molar-refractivity contribution is 0.361. The Hall–Kier alpha value is -1.51. The lowest BCUT2D eigenvalue weighted by atomic mass is 10.1. The predicted molar refractivity (Wildman–Crippen MR) is 54.8 cm³/mol. The van der Waals surface area contributed by atoms with Gasteiger partial charge in [0.2, 0.25) is 11.8 Å². The first-order valence-corrected chi connectivity index (χ1v) is 4.64. The molecule has 0 amide bonds. The third-order valence-electron chi connectivity index (χ3n) is 2.31. The van der Waals surface area contributed by atoms with Crippen LogP contribution in [0.4, 0.5) is 0 Å². The van der Waals surface area contributed by atoms with Gasteiger partial charge in [-0.25, -0.2) is 0 Å². The van der Waals surface area contributed by atoms with Crippen molar-refractivity contribution in [3.05, 3.63) is 16.5 Å². The molecule has 1 aromatic rings. The number of hydrogen-bond acceptors (Lipinski definition) is 3. The van der Waals surface area contributed by atoms with E-state index in [1.807, 2.05) is 6.07 Å². The molecule has 1 aliphatic carbocycles. The van der Waals surface area contributed by atoms with Crippen LogP contribution in [0.5, 0.6) is 11.8 Å². The van der Waals surface area contributed by atoms with Crippen LogP contribution >= 0.6 is 0 Å². The highest BCUT2D eigenvalue weighted by Crippen LogP contribution is 2.07. The van der Waals surface area contributed by atoms with Gasteiger partial charge in [-0.15, -0.1) is 0 Å². The molecular formula is C11H13NO2. The summed E-state index contributed by atoms with van der Waals surface area (Å²) in [6, 6.07) is 1.94. The number of pyridine rings is 1. The summed E-state index contributed by atoms with van der Waals surface area (Å²) in [5.74, 6) is 1.25. The summed E-state index contributed by atoms with van der Waals surface area (Å²) in [6.07, 6.45) is 6.46. The van der Waals surface area contributed by atoms with Crippen LogP contribution in [-0.4, -0.2) is 19.2 Å². The molecule has 0 saturated carbocycles. The quantitative estimate of drug-likeness (QED) is 0.680. The van der Waals surface area contributed by atoms with Crippen molar-refractivity contribution in [2.24, 2.45) is 0 Å². The fourth-order valence-corrected chi connectivity index (χ4v) is 1.63. The van der Waals surface area contributed by atoms with E-state index in [-0.39, 0.29) is 0 Å². The fraction of sp³-hybridized carbons (Fsp3) is 0.364. The highest BCUT2D eigenvalue weighted by Gasteiger charge is 2.04. The van der Waals surface area contributed by atoms with Crippen molar-refractivity contribution in [1.29, 1.82) is 0 Å². The Bertz CT molecular complexity index is 451. The molecule has 0 bridgehead atoms. The summed E-state index contributed by atoms with van der Waals surface area (Å²) >= 11 is 0. The average Bonchev–Trinajstić information content (AvgIpc) is 2.27. The molecule has 0 unspecified atom stereocenters. The normalized spacial score (nSPS) is 13.6. The topological polar surface area (TPSA) is 31.4 Å². The fourth-order valence-electron chi connectivity index (χ4n) is 1.63. The Balaban J connectivity index is 2.72. The summed E-state index contributed by atoms with van der Waals surface area (Å²) in [7, 11) is 3.24. The Kier molecular flexibility index (Phi) is 2.39. The molecule has 3 heteroatoms. The van der Waals surface area contributed by atoms with E-state index < -0.39 is 0 Å². The molecule has 1 aliphatic rings. The molecule has 0 N–H and O–H groups in total. The number of rotatable bonds is 2. The minimum atomic E-state index is 0.604. The van der Waals surface area contributed by atoms with Crippen molar-refractivity contribution in [3.63, 3.8) is 0 Å². The van der Waals surface area contributed by atoms with Gasteiger partial charge in [-0.05, 0) is 18.1 Å². The molecular weight excluding hydrogens is 178 g/mol. The standard InChI is InChI=1S/C11H13NO2/c1-13-10-7-8-5-3-4-6-9(8)11(12-10)14-2/h5-7H,3-4H2,1-2H3. The largest absolute Gasteiger partial charge is 0.481 e. The maximum atomic E-state index is 5.21. The van der Waals surface area contributed by atoms with Gasteiger partial charge in [0.1, 0.15) is 0 Å². The molecule has 0 radical (unpaired) electrons. The highest BCUT2D eigenvalue weighted by molar-refractivity contribution is 5.43. The molecule has 1 heterocycles. The third-order valence-corrected chi connectivity index (χ3v) is 2.31. The van der Waals surface area contributed by atoms with Gasteiger partial charge in [-0.1, -0.05) is 12.2 Å². The molecule has 0 aromatic carbocycles. The van der Waals surface area contributed by atoms with Gasteiger partial charge in [0, 0.05) is 11.3 Å². The van der Waals surface area contributed by atoms with E-state index in [2.05, 4.69) is 17.1 Å². The zero-order chi connectivity index (χ0) is 9.97. The lowest BCUT2D eigenvalue weighted by Crippen LogP contribution is -2.29. The van der Waals surface area contributed by atoms with Gasteiger partial charge in [0.25, 0.3) is 0 Å². The second kappa shape index (κ2) is 3.70. The number of aromatic nitrogens is 1. The maximum absolute atomic E-state index is 5.21. The molecule has 0 spiro atoms. The minimum absolute atomic E-state index is 0.604. The molecule has 0 atom stereocenters. The molecule has 0 saturated heterocycles. The summed E-state index contributed by atoms with van der Waals surface area (Å²) in [6.45, 7) is 0. The molecule has 1 aromatic heterocycles. The van der Waals surface area contributed by atoms with Gasteiger partial charge < -0.3 is 9.47 Å². The molecule has 3 nitrogen and oxygen atoms in total. The average molecular weight is 191 g/mol. The van der Waals surface area contributed by atoms with Crippen molar-refractivity contribution in [1.82, 2.24) is 4.98 Å². The molecule has 2 rings (SSSR count). The van der Waals surface area contributed by atoms with Crippen molar-refractivity contribution >= 4 is 12.2 Å². The van der Waals surface area contributed by atoms with E-state index in [0.29, 0.717) is 11.8 Å². The second-order valence-electron chi connectivity index (χ2n) is 3.16. The van der Waals surface area contributed by atoms with Gasteiger partial charge >= 0.3 is 0 Å². The van der Waals surface area contributed by atoms with Crippen LogP contribution in [0, 0.1) is 0 Å². The van der Waals surface area contributed by atoms with E-state index in [4.69, 9.17) is 9.47 Å². The molecule has 0 fully saturated rings. The first-order chi connectivity index (χ1) is 6.85. The van der Waals surface area contributed by atoms with Crippen LogP contribution in [0.2, 0.25) is 0 Å². The number of hydrogen-bond donors (Lipinski definition) is 0. The minimum Gasteiger partial charge on any atom is -0.481 e. The third kappa shape index (κ3) is 1.45. The van der Waals surface area contributed by atoms with E-state index in [1.54, 1.807) is 14.2 Å². The van der Waals surface area contributed by atoms with Crippen molar-refractivity contribution in [2.75, 3.05) is 14.2 Å². The van der Waals surface area contributed by atoms with Gasteiger partial charge in [0.15, 0.2) is 0 Å². The molecule has 74 valence electrons. The monoisotopic (exact) mass is 191 g/mol. The zero-order valence-electron chi connectivity index (χ0n) is 8.41. The van der Waals surface area contributed by atoms with Crippen LogP contribution in [0.15, 0.2) is 6.07 Å². The van der Waals surface area contributed by atoms with Crippen molar-refractivity contribution < 1.29 is 9.47 Å². The van der Waals surface area contributed by atoms with E-state index in [9.17, 15) is 0 Å². The first kappa shape index (κ1) is 9.06. The van der Waals surface area contributed by atoms with Gasteiger partial charge in [0.05, 0.1) is 14.2 Å². The van der Waals surface area contributed by atoms with Crippen LogP contribution in [-0.2, 0) is 0 Å². The SMILES string of the molecule is COc1cc2c(c(OC)n1)=CCCC=2.